The number of hydrogen-bond donors (Lipinski definition) is 1. The minimum absolute atomic E-state index is 0.0113. The second-order valence-electron chi connectivity index (χ2n) is 4.57. The molecule has 90 valence electrons. The second-order valence-corrected chi connectivity index (χ2v) is 4.57. The molecule has 0 aromatic rings. The van der Waals surface area contributed by atoms with Crippen molar-refractivity contribution in [1.82, 2.24) is 10.2 Å². The first kappa shape index (κ1) is 11.6. The van der Waals surface area contributed by atoms with Crippen LogP contribution in [0.4, 0.5) is 0 Å². The number of hydrogen-bond acceptors (Lipinski definition) is 4. The molecule has 1 saturated carbocycles. The number of nitrogens with zero attached hydrogens (tertiary/aromatic N) is 2. The summed E-state index contributed by atoms with van der Waals surface area (Å²) in [6, 6.07) is 1.20. The lowest BCUT2D eigenvalue weighted by molar-refractivity contribution is -0.139. The minimum Gasteiger partial charge on any atom is -0.342 e. The van der Waals surface area contributed by atoms with Crippen molar-refractivity contribution in [1.29, 1.82) is 5.26 Å². The fourth-order valence-corrected chi connectivity index (χ4v) is 2.08. The highest BCUT2D eigenvalue weighted by Crippen LogP contribution is 2.40. The Kier molecular flexibility index (Phi) is 2.62. The molecule has 1 unspecified atom stereocenters. The maximum atomic E-state index is 11.9. The van der Waals surface area contributed by atoms with Crippen LogP contribution in [0.15, 0.2) is 0 Å². The van der Waals surface area contributed by atoms with Gasteiger partial charge in [-0.2, -0.15) is 5.26 Å². The summed E-state index contributed by atoms with van der Waals surface area (Å²) in [5, 5.41) is 11.5. The van der Waals surface area contributed by atoms with Crippen LogP contribution in [0.3, 0.4) is 0 Å². The molecule has 1 aliphatic carbocycles. The van der Waals surface area contributed by atoms with Crippen LogP contribution in [-0.4, -0.2) is 35.7 Å². The molecule has 0 radical (unpaired) electrons. The van der Waals surface area contributed by atoms with Crippen LogP contribution in [0.5, 0.6) is 0 Å². The molecule has 1 saturated heterocycles. The number of imide groups is 1. The fourth-order valence-electron chi connectivity index (χ4n) is 2.08. The van der Waals surface area contributed by atoms with Crippen LogP contribution >= 0.6 is 0 Å². The summed E-state index contributed by atoms with van der Waals surface area (Å²) < 4.78 is 0. The molecule has 2 aliphatic rings. The Balaban J connectivity index is 2.03. The van der Waals surface area contributed by atoms with Gasteiger partial charge in [0, 0.05) is 7.05 Å². The molecule has 1 N–H and O–H groups in total. The fraction of sp³-hybridized carbons (Fsp3) is 0.636. The van der Waals surface area contributed by atoms with E-state index < -0.39 is 23.3 Å². The molecular weight excluding hydrogens is 222 g/mol. The first-order chi connectivity index (χ1) is 8.00. The van der Waals surface area contributed by atoms with Gasteiger partial charge in [-0.25, -0.2) is 0 Å². The second kappa shape index (κ2) is 3.84. The van der Waals surface area contributed by atoms with Gasteiger partial charge in [0.1, 0.15) is 11.5 Å². The normalized spacial score (nSPS) is 26.4. The zero-order valence-corrected chi connectivity index (χ0v) is 9.52. The summed E-state index contributed by atoms with van der Waals surface area (Å²) in [6.45, 7) is 0. The van der Waals surface area contributed by atoms with E-state index in [-0.39, 0.29) is 12.3 Å². The largest absolute Gasteiger partial charge is 0.342 e. The van der Waals surface area contributed by atoms with E-state index in [0.717, 1.165) is 11.3 Å². The molecule has 0 spiro atoms. The third kappa shape index (κ3) is 1.68. The Bertz CT molecular complexity index is 434. The minimum atomic E-state index is -0.982. The topological polar surface area (TPSA) is 90.3 Å². The van der Waals surface area contributed by atoms with E-state index in [9.17, 15) is 14.4 Å². The number of nitrogens with one attached hydrogen (secondary N) is 1. The van der Waals surface area contributed by atoms with Crippen molar-refractivity contribution in [2.75, 3.05) is 7.05 Å². The lowest BCUT2D eigenvalue weighted by atomic mass is 9.69. The summed E-state index contributed by atoms with van der Waals surface area (Å²) in [4.78, 5) is 35.7. The van der Waals surface area contributed by atoms with Crippen molar-refractivity contribution >= 4 is 17.7 Å². The predicted octanol–water partition coefficient (Wildman–Crippen LogP) is -0.446. The van der Waals surface area contributed by atoms with E-state index in [1.165, 1.54) is 7.05 Å². The Hall–Kier alpha value is -1.90. The zero-order chi connectivity index (χ0) is 12.6. The molecular formula is C11H13N3O3. The van der Waals surface area contributed by atoms with E-state index >= 15 is 0 Å². The average Bonchev–Trinajstić information content (AvgIpc) is 2.46. The molecule has 1 heterocycles. The maximum absolute atomic E-state index is 11.9. The first-order valence-corrected chi connectivity index (χ1v) is 5.53. The number of rotatable bonds is 2. The molecule has 1 atom stereocenters. The monoisotopic (exact) mass is 235 g/mol. The number of likely N-dealkylation sites (N-methyl/N-ethyl adjacent to an activating group) is 1. The lowest BCUT2D eigenvalue weighted by Crippen LogP contribution is -2.50. The number of carbonyl (C=O) groups is 3. The van der Waals surface area contributed by atoms with Crippen molar-refractivity contribution in [2.24, 2.45) is 5.41 Å². The van der Waals surface area contributed by atoms with Crippen LogP contribution in [0.2, 0.25) is 0 Å². The zero-order valence-electron chi connectivity index (χ0n) is 9.52. The van der Waals surface area contributed by atoms with E-state index in [4.69, 9.17) is 5.26 Å². The van der Waals surface area contributed by atoms with Crippen LogP contribution in [0.1, 0.15) is 25.7 Å². The number of amides is 3. The van der Waals surface area contributed by atoms with Gasteiger partial charge in [0.05, 0.1) is 12.5 Å². The quantitative estimate of drug-likeness (QED) is 0.656. The maximum Gasteiger partial charge on any atom is 0.252 e. The Morgan fingerprint density at radius 2 is 2.18 bits per heavy atom. The summed E-state index contributed by atoms with van der Waals surface area (Å²) in [6.07, 6.45) is 1.89. The third-order valence-corrected chi connectivity index (χ3v) is 3.54. The van der Waals surface area contributed by atoms with Gasteiger partial charge in [0.2, 0.25) is 11.8 Å². The third-order valence-electron chi connectivity index (χ3n) is 3.54. The van der Waals surface area contributed by atoms with Crippen molar-refractivity contribution in [2.45, 2.75) is 31.7 Å². The van der Waals surface area contributed by atoms with Crippen molar-refractivity contribution < 1.29 is 14.4 Å². The highest BCUT2D eigenvalue weighted by Gasteiger charge is 2.47. The Morgan fingerprint density at radius 1 is 1.53 bits per heavy atom. The molecule has 2 fully saturated rings. The van der Waals surface area contributed by atoms with Crippen LogP contribution in [0, 0.1) is 16.7 Å². The number of likely N-dealkylation sites (tertiary alicyclic amines) is 1. The summed E-state index contributed by atoms with van der Waals surface area (Å²) in [5.41, 5.74) is -0.982. The molecule has 0 aromatic heterocycles. The first-order valence-electron chi connectivity index (χ1n) is 5.53. The predicted molar refractivity (Wildman–Crippen MR) is 56.2 cm³/mol. The number of carbonyl (C=O) groups excluding carboxylic acids is 3. The van der Waals surface area contributed by atoms with E-state index in [1.54, 1.807) is 0 Å². The van der Waals surface area contributed by atoms with Gasteiger partial charge in [-0.3, -0.25) is 19.3 Å². The lowest BCUT2D eigenvalue weighted by Gasteiger charge is -2.33. The molecule has 2 rings (SSSR count). The molecule has 6 heteroatoms. The van der Waals surface area contributed by atoms with Gasteiger partial charge in [0.25, 0.3) is 5.91 Å². The van der Waals surface area contributed by atoms with E-state index in [0.29, 0.717) is 12.8 Å². The van der Waals surface area contributed by atoms with Crippen LogP contribution < -0.4 is 5.32 Å². The molecule has 0 aromatic carbocycles. The highest BCUT2D eigenvalue weighted by molar-refractivity contribution is 6.07. The van der Waals surface area contributed by atoms with Gasteiger partial charge in [-0.05, 0) is 19.3 Å². The summed E-state index contributed by atoms with van der Waals surface area (Å²) in [7, 11) is 1.39. The van der Waals surface area contributed by atoms with Gasteiger partial charge in [0.15, 0.2) is 0 Å². The SMILES string of the molecule is CN1C(=O)CC(NC(=O)C2(C#N)CCC2)C1=O. The van der Waals surface area contributed by atoms with Gasteiger partial charge < -0.3 is 5.32 Å². The van der Waals surface area contributed by atoms with Crippen molar-refractivity contribution in [3.05, 3.63) is 0 Å². The molecule has 6 nitrogen and oxygen atoms in total. The van der Waals surface area contributed by atoms with Gasteiger partial charge in [-0.15, -0.1) is 0 Å². The van der Waals surface area contributed by atoms with Crippen LogP contribution in [-0.2, 0) is 14.4 Å². The summed E-state index contributed by atoms with van der Waals surface area (Å²) >= 11 is 0. The van der Waals surface area contributed by atoms with E-state index in [2.05, 4.69) is 5.32 Å². The van der Waals surface area contributed by atoms with E-state index in [1.807, 2.05) is 6.07 Å². The molecule has 1 aliphatic heterocycles. The van der Waals surface area contributed by atoms with Gasteiger partial charge >= 0.3 is 0 Å². The standard InChI is InChI=1S/C11H13N3O3/c1-14-8(15)5-7(9(14)16)13-10(17)11(6-12)3-2-4-11/h7H,2-5H2,1H3,(H,13,17). The Morgan fingerprint density at radius 3 is 2.53 bits per heavy atom. The smallest absolute Gasteiger partial charge is 0.252 e. The number of nitriles is 1. The molecule has 3 amide bonds. The summed E-state index contributed by atoms with van der Waals surface area (Å²) in [5.74, 6) is -1.14. The van der Waals surface area contributed by atoms with Crippen molar-refractivity contribution in [3.8, 4) is 6.07 Å². The molecule has 17 heavy (non-hydrogen) atoms. The highest BCUT2D eigenvalue weighted by atomic mass is 16.2. The molecule has 0 bridgehead atoms. The van der Waals surface area contributed by atoms with Crippen molar-refractivity contribution in [3.63, 3.8) is 0 Å². The average molecular weight is 235 g/mol. The van der Waals surface area contributed by atoms with Crippen LogP contribution in [0.25, 0.3) is 0 Å². The Labute approximate surface area is 98.6 Å². The van der Waals surface area contributed by atoms with Gasteiger partial charge in [-0.1, -0.05) is 0 Å².